The van der Waals surface area contributed by atoms with Crippen molar-refractivity contribution in [3.8, 4) is 0 Å². The van der Waals surface area contributed by atoms with Crippen LogP contribution in [0, 0.1) is 0 Å². The SMILES string of the molecule is CN1CCCNC(C)(c2ccc(Br)cc2)C1. The predicted molar refractivity (Wildman–Crippen MR) is 71.6 cm³/mol. The molecule has 1 unspecified atom stereocenters. The van der Waals surface area contributed by atoms with E-state index in [0.29, 0.717) is 0 Å². The summed E-state index contributed by atoms with van der Waals surface area (Å²) in [5.41, 5.74) is 1.44. The van der Waals surface area contributed by atoms with Gasteiger partial charge < -0.3 is 10.2 Å². The number of likely N-dealkylation sites (N-methyl/N-ethyl adjacent to an activating group) is 1. The van der Waals surface area contributed by atoms with Gasteiger partial charge in [-0.05, 0) is 51.2 Å². The van der Waals surface area contributed by atoms with E-state index in [1.165, 1.54) is 18.5 Å². The Morgan fingerprint density at radius 1 is 1.31 bits per heavy atom. The maximum Gasteiger partial charge on any atom is 0.0534 e. The second-order valence-corrected chi connectivity index (χ2v) is 5.77. The second-order valence-electron chi connectivity index (χ2n) is 4.86. The molecule has 0 bridgehead atoms. The molecule has 2 nitrogen and oxygen atoms in total. The summed E-state index contributed by atoms with van der Waals surface area (Å²) >= 11 is 3.48. The lowest BCUT2D eigenvalue weighted by Crippen LogP contribution is -2.45. The van der Waals surface area contributed by atoms with Gasteiger partial charge in [-0.1, -0.05) is 28.1 Å². The van der Waals surface area contributed by atoms with E-state index in [1.54, 1.807) is 0 Å². The molecule has 0 amide bonds. The quantitative estimate of drug-likeness (QED) is 0.852. The van der Waals surface area contributed by atoms with Gasteiger partial charge in [-0.15, -0.1) is 0 Å². The van der Waals surface area contributed by atoms with Crippen LogP contribution in [0.3, 0.4) is 0 Å². The highest BCUT2D eigenvalue weighted by molar-refractivity contribution is 9.10. The van der Waals surface area contributed by atoms with Crippen LogP contribution in [0.4, 0.5) is 0 Å². The minimum Gasteiger partial charge on any atom is -0.307 e. The van der Waals surface area contributed by atoms with Gasteiger partial charge in [0.15, 0.2) is 0 Å². The molecule has 0 aliphatic carbocycles. The van der Waals surface area contributed by atoms with Crippen LogP contribution in [0.2, 0.25) is 0 Å². The van der Waals surface area contributed by atoms with Gasteiger partial charge in [-0.25, -0.2) is 0 Å². The molecule has 88 valence electrons. The molecule has 1 aromatic rings. The first-order valence-corrected chi connectivity index (χ1v) is 6.59. The third-order valence-electron chi connectivity index (χ3n) is 3.30. The van der Waals surface area contributed by atoms with E-state index in [-0.39, 0.29) is 5.54 Å². The molecule has 16 heavy (non-hydrogen) atoms. The predicted octanol–water partition coefficient (Wildman–Crippen LogP) is 2.59. The van der Waals surface area contributed by atoms with Crippen molar-refractivity contribution in [3.63, 3.8) is 0 Å². The zero-order valence-electron chi connectivity index (χ0n) is 9.96. The Morgan fingerprint density at radius 3 is 2.69 bits per heavy atom. The van der Waals surface area contributed by atoms with Gasteiger partial charge in [0.25, 0.3) is 0 Å². The fourth-order valence-corrected chi connectivity index (χ4v) is 2.66. The maximum absolute atomic E-state index is 3.67. The lowest BCUT2D eigenvalue weighted by molar-refractivity contribution is 0.259. The van der Waals surface area contributed by atoms with Crippen molar-refractivity contribution in [2.24, 2.45) is 0 Å². The summed E-state index contributed by atoms with van der Waals surface area (Å²) in [7, 11) is 2.20. The summed E-state index contributed by atoms with van der Waals surface area (Å²) in [6, 6.07) is 8.65. The van der Waals surface area contributed by atoms with Crippen molar-refractivity contribution in [1.29, 1.82) is 0 Å². The van der Waals surface area contributed by atoms with Gasteiger partial charge >= 0.3 is 0 Å². The number of nitrogens with zero attached hydrogens (tertiary/aromatic N) is 1. The Bertz CT molecular complexity index is 349. The lowest BCUT2D eigenvalue weighted by Gasteiger charge is -2.32. The fourth-order valence-electron chi connectivity index (χ4n) is 2.40. The second kappa shape index (κ2) is 4.86. The molecule has 1 aromatic carbocycles. The van der Waals surface area contributed by atoms with Crippen LogP contribution in [0.5, 0.6) is 0 Å². The van der Waals surface area contributed by atoms with Crippen molar-refractivity contribution >= 4 is 15.9 Å². The molecule has 0 radical (unpaired) electrons. The Kier molecular flexibility index (Phi) is 3.67. The highest BCUT2D eigenvalue weighted by Gasteiger charge is 2.29. The molecule has 0 aromatic heterocycles. The minimum absolute atomic E-state index is 0.0753. The van der Waals surface area contributed by atoms with E-state index in [4.69, 9.17) is 0 Å². The summed E-state index contributed by atoms with van der Waals surface area (Å²) < 4.78 is 1.14. The number of hydrogen-bond donors (Lipinski definition) is 1. The van der Waals surface area contributed by atoms with E-state index >= 15 is 0 Å². The average molecular weight is 283 g/mol. The van der Waals surface area contributed by atoms with Crippen LogP contribution in [0.25, 0.3) is 0 Å². The van der Waals surface area contributed by atoms with Crippen molar-refractivity contribution < 1.29 is 0 Å². The molecular weight excluding hydrogens is 264 g/mol. The average Bonchev–Trinajstić information content (AvgIpc) is 2.41. The Balaban J connectivity index is 2.25. The summed E-state index contributed by atoms with van der Waals surface area (Å²) in [5.74, 6) is 0. The van der Waals surface area contributed by atoms with Crippen LogP contribution < -0.4 is 5.32 Å². The van der Waals surface area contributed by atoms with Gasteiger partial charge in [-0.3, -0.25) is 0 Å². The molecule has 2 rings (SSSR count). The molecular formula is C13H19BrN2. The van der Waals surface area contributed by atoms with Crippen molar-refractivity contribution in [3.05, 3.63) is 34.3 Å². The van der Waals surface area contributed by atoms with Crippen LogP contribution >= 0.6 is 15.9 Å². The smallest absolute Gasteiger partial charge is 0.0534 e. The number of rotatable bonds is 1. The van der Waals surface area contributed by atoms with Crippen LogP contribution in [-0.2, 0) is 5.54 Å². The third kappa shape index (κ3) is 2.65. The number of hydrogen-bond acceptors (Lipinski definition) is 2. The lowest BCUT2D eigenvalue weighted by atomic mass is 9.92. The van der Waals surface area contributed by atoms with Gasteiger partial charge in [-0.2, -0.15) is 0 Å². The van der Waals surface area contributed by atoms with Crippen LogP contribution in [0.15, 0.2) is 28.7 Å². The van der Waals surface area contributed by atoms with Crippen molar-refractivity contribution in [1.82, 2.24) is 10.2 Å². The van der Waals surface area contributed by atoms with Gasteiger partial charge in [0, 0.05) is 11.0 Å². The molecule has 3 heteroatoms. The van der Waals surface area contributed by atoms with Crippen LogP contribution in [-0.4, -0.2) is 31.6 Å². The Labute approximate surface area is 106 Å². The number of nitrogens with one attached hydrogen (secondary N) is 1. The topological polar surface area (TPSA) is 15.3 Å². The normalized spacial score (nSPS) is 27.7. The zero-order valence-corrected chi connectivity index (χ0v) is 11.5. The van der Waals surface area contributed by atoms with E-state index in [2.05, 4.69) is 64.4 Å². The van der Waals surface area contributed by atoms with E-state index < -0.39 is 0 Å². The van der Waals surface area contributed by atoms with Crippen LogP contribution in [0.1, 0.15) is 18.9 Å². The minimum atomic E-state index is 0.0753. The first-order chi connectivity index (χ1) is 7.60. The molecule has 1 aliphatic heterocycles. The first-order valence-electron chi connectivity index (χ1n) is 5.80. The highest BCUT2D eigenvalue weighted by atomic mass is 79.9. The van der Waals surface area contributed by atoms with Gasteiger partial charge in [0.2, 0.25) is 0 Å². The molecule has 1 fully saturated rings. The van der Waals surface area contributed by atoms with Crippen molar-refractivity contribution in [2.75, 3.05) is 26.7 Å². The molecule has 1 N–H and O–H groups in total. The van der Waals surface area contributed by atoms with Crippen molar-refractivity contribution in [2.45, 2.75) is 18.9 Å². The largest absolute Gasteiger partial charge is 0.307 e. The third-order valence-corrected chi connectivity index (χ3v) is 3.83. The maximum atomic E-state index is 3.67. The summed E-state index contributed by atoms with van der Waals surface area (Å²) in [4.78, 5) is 2.40. The number of benzene rings is 1. The molecule has 1 atom stereocenters. The molecule has 1 saturated heterocycles. The molecule has 0 saturated carbocycles. The summed E-state index contributed by atoms with van der Waals surface area (Å²) in [5, 5.41) is 3.67. The highest BCUT2D eigenvalue weighted by Crippen LogP contribution is 2.25. The van der Waals surface area contributed by atoms with E-state index in [1.807, 2.05) is 0 Å². The van der Waals surface area contributed by atoms with E-state index in [9.17, 15) is 0 Å². The summed E-state index contributed by atoms with van der Waals surface area (Å²) in [6.45, 7) is 5.63. The number of halogens is 1. The Morgan fingerprint density at radius 2 is 2.00 bits per heavy atom. The Hall–Kier alpha value is -0.380. The zero-order chi connectivity index (χ0) is 11.6. The summed E-state index contributed by atoms with van der Waals surface area (Å²) in [6.07, 6.45) is 1.22. The fraction of sp³-hybridized carbons (Fsp3) is 0.538. The van der Waals surface area contributed by atoms with Gasteiger partial charge in [0.05, 0.1) is 5.54 Å². The van der Waals surface area contributed by atoms with Gasteiger partial charge in [0.1, 0.15) is 0 Å². The molecule has 1 heterocycles. The van der Waals surface area contributed by atoms with E-state index in [0.717, 1.165) is 17.6 Å². The molecule has 1 aliphatic rings. The first kappa shape index (κ1) is 12.1. The standard InChI is InChI=1S/C13H19BrN2/c1-13(10-16(2)9-3-8-15-13)11-4-6-12(14)7-5-11/h4-7,15H,3,8-10H2,1-2H3. The monoisotopic (exact) mass is 282 g/mol. The molecule has 0 spiro atoms.